The van der Waals surface area contributed by atoms with Gasteiger partial charge in [0, 0.05) is 32.2 Å². The smallest absolute Gasteiger partial charge is 0.191 e. The number of rotatable bonds is 7. The van der Waals surface area contributed by atoms with E-state index in [1.807, 2.05) is 6.07 Å². The molecule has 0 saturated heterocycles. The first kappa shape index (κ1) is 16.5. The zero-order chi connectivity index (χ0) is 14.8. The first-order valence-electron chi connectivity index (χ1n) is 7.26. The first-order chi connectivity index (χ1) is 9.67. The third-order valence-electron chi connectivity index (χ3n) is 3.04. The molecule has 0 aromatic heterocycles. The summed E-state index contributed by atoms with van der Waals surface area (Å²) in [4.78, 5) is 4.65. The van der Waals surface area contributed by atoms with Gasteiger partial charge in [-0.3, -0.25) is 4.99 Å². The van der Waals surface area contributed by atoms with E-state index in [2.05, 4.69) is 60.7 Å². The van der Waals surface area contributed by atoms with Crippen LogP contribution in [0, 0.1) is 0 Å². The number of methoxy groups -OCH3 is 1. The number of hydrogen-bond donors (Lipinski definition) is 2. The van der Waals surface area contributed by atoms with Crippen LogP contribution in [0.5, 0.6) is 0 Å². The van der Waals surface area contributed by atoms with Gasteiger partial charge < -0.3 is 15.4 Å². The van der Waals surface area contributed by atoms with Crippen LogP contribution in [0.2, 0.25) is 0 Å². The average Bonchev–Trinajstić information content (AvgIpc) is 2.46. The maximum Gasteiger partial charge on any atom is 0.191 e. The van der Waals surface area contributed by atoms with Crippen molar-refractivity contribution >= 4 is 5.96 Å². The van der Waals surface area contributed by atoms with Crippen molar-refractivity contribution in [2.45, 2.75) is 32.7 Å². The zero-order valence-corrected chi connectivity index (χ0v) is 13.0. The summed E-state index contributed by atoms with van der Waals surface area (Å²) in [5.74, 6) is 1.25. The Balaban J connectivity index is 2.57. The Bertz CT molecular complexity index is 392. The van der Waals surface area contributed by atoms with Crippen LogP contribution in [0.3, 0.4) is 0 Å². The lowest BCUT2D eigenvalue weighted by molar-refractivity contribution is 0.179. The summed E-state index contributed by atoms with van der Waals surface area (Å²) in [6, 6.07) is 10.7. The van der Waals surface area contributed by atoms with Gasteiger partial charge in [0.05, 0.1) is 6.61 Å². The molecule has 112 valence electrons. The summed E-state index contributed by atoms with van der Waals surface area (Å²) in [6.45, 7) is 8.62. The zero-order valence-electron chi connectivity index (χ0n) is 13.0. The SMILES string of the molecule is CCNC(=NCC(C)c1ccccc1)NC(C)COC. The largest absolute Gasteiger partial charge is 0.383 e. The van der Waals surface area contributed by atoms with E-state index in [1.165, 1.54) is 5.56 Å². The van der Waals surface area contributed by atoms with Crippen molar-refractivity contribution in [2.24, 2.45) is 4.99 Å². The summed E-state index contributed by atoms with van der Waals surface area (Å²) < 4.78 is 5.13. The van der Waals surface area contributed by atoms with E-state index in [4.69, 9.17) is 4.74 Å². The molecule has 0 aliphatic rings. The van der Waals surface area contributed by atoms with Crippen LogP contribution in [0.4, 0.5) is 0 Å². The molecule has 0 aliphatic heterocycles. The van der Waals surface area contributed by atoms with Gasteiger partial charge in [-0.1, -0.05) is 37.3 Å². The van der Waals surface area contributed by atoms with Gasteiger partial charge in [-0.05, 0) is 19.4 Å². The lowest BCUT2D eigenvalue weighted by Crippen LogP contribution is -2.44. The van der Waals surface area contributed by atoms with Crippen LogP contribution in [0.1, 0.15) is 32.3 Å². The van der Waals surface area contributed by atoms with Crippen molar-refractivity contribution in [3.63, 3.8) is 0 Å². The van der Waals surface area contributed by atoms with Crippen molar-refractivity contribution in [3.05, 3.63) is 35.9 Å². The fourth-order valence-corrected chi connectivity index (χ4v) is 1.96. The number of nitrogens with one attached hydrogen (secondary N) is 2. The second-order valence-corrected chi connectivity index (χ2v) is 5.03. The summed E-state index contributed by atoms with van der Waals surface area (Å²) >= 11 is 0. The predicted octanol–water partition coefficient (Wildman–Crippen LogP) is 2.38. The van der Waals surface area contributed by atoms with Gasteiger partial charge in [-0.2, -0.15) is 0 Å². The van der Waals surface area contributed by atoms with E-state index >= 15 is 0 Å². The summed E-state index contributed by atoms with van der Waals surface area (Å²) in [5.41, 5.74) is 1.32. The van der Waals surface area contributed by atoms with Crippen molar-refractivity contribution in [3.8, 4) is 0 Å². The van der Waals surface area contributed by atoms with Crippen molar-refractivity contribution in [1.29, 1.82) is 0 Å². The highest BCUT2D eigenvalue weighted by Gasteiger charge is 2.07. The number of guanidine groups is 1. The normalized spacial score (nSPS) is 14.7. The van der Waals surface area contributed by atoms with Gasteiger partial charge in [0.1, 0.15) is 0 Å². The standard InChI is InChI=1S/C16H27N3O/c1-5-17-16(19-14(3)12-20-4)18-11-13(2)15-9-7-6-8-10-15/h6-10,13-14H,5,11-12H2,1-4H3,(H2,17,18,19). The molecule has 0 saturated carbocycles. The minimum absolute atomic E-state index is 0.241. The third kappa shape index (κ3) is 6.06. The van der Waals surface area contributed by atoms with Gasteiger partial charge in [0.15, 0.2) is 5.96 Å². The van der Waals surface area contributed by atoms with Gasteiger partial charge in [-0.25, -0.2) is 0 Å². The Morgan fingerprint density at radius 3 is 2.55 bits per heavy atom. The molecule has 0 bridgehead atoms. The average molecular weight is 277 g/mol. The highest BCUT2D eigenvalue weighted by Crippen LogP contribution is 2.14. The number of aliphatic imine (C=N–C) groups is 1. The fourth-order valence-electron chi connectivity index (χ4n) is 1.96. The van der Waals surface area contributed by atoms with Gasteiger partial charge in [-0.15, -0.1) is 0 Å². The Morgan fingerprint density at radius 1 is 1.25 bits per heavy atom. The Kier molecular flexibility index (Phi) is 7.73. The summed E-state index contributed by atoms with van der Waals surface area (Å²) in [5, 5.41) is 6.60. The highest BCUT2D eigenvalue weighted by molar-refractivity contribution is 5.80. The van der Waals surface area contributed by atoms with Crippen LogP contribution < -0.4 is 10.6 Å². The van der Waals surface area contributed by atoms with E-state index in [0.29, 0.717) is 12.5 Å². The van der Waals surface area contributed by atoms with Crippen LogP contribution >= 0.6 is 0 Å². The quantitative estimate of drug-likeness (QED) is 0.594. The van der Waals surface area contributed by atoms with Gasteiger partial charge >= 0.3 is 0 Å². The molecule has 2 N–H and O–H groups in total. The molecule has 0 aliphatic carbocycles. The second kappa shape index (κ2) is 9.37. The molecule has 2 unspecified atom stereocenters. The monoisotopic (exact) mass is 277 g/mol. The van der Waals surface area contributed by atoms with Crippen LogP contribution in [-0.4, -0.2) is 38.8 Å². The van der Waals surface area contributed by atoms with Crippen molar-refractivity contribution in [1.82, 2.24) is 10.6 Å². The molecule has 1 rings (SSSR count). The third-order valence-corrected chi connectivity index (χ3v) is 3.04. The Hall–Kier alpha value is -1.55. The van der Waals surface area contributed by atoms with E-state index < -0.39 is 0 Å². The Labute approximate surface area is 122 Å². The lowest BCUT2D eigenvalue weighted by Gasteiger charge is -2.18. The molecule has 4 nitrogen and oxygen atoms in total. The molecule has 2 atom stereocenters. The number of benzene rings is 1. The van der Waals surface area contributed by atoms with E-state index in [1.54, 1.807) is 7.11 Å². The van der Waals surface area contributed by atoms with Gasteiger partial charge in [0.2, 0.25) is 0 Å². The molecule has 20 heavy (non-hydrogen) atoms. The van der Waals surface area contributed by atoms with Crippen molar-refractivity contribution in [2.75, 3.05) is 26.8 Å². The van der Waals surface area contributed by atoms with E-state index in [0.717, 1.165) is 19.0 Å². The van der Waals surface area contributed by atoms with E-state index in [9.17, 15) is 0 Å². The van der Waals surface area contributed by atoms with Crippen LogP contribution in [0.25, 0.3) is 0 Å². The topological polar surface area (TPSA) is 45.7 Å². The molecular weight excluding hydrogens is 250 g/mol. The maximum absolute atomic E-state index is 5.13. The Morgan fingerprint density at radius 2 is 1.95 bits per heavy atom. The molecule has 0 radical (unpaired) electrons. The maximum atomic E-state index is 5.13. The molecule has 0 fully saturated rings. The molecular formula is C16H27N3O. The minimum atomic E-state index is 0.241. The number of hydrogen-bond acceptors (Lipinski definition) is 2. The molecule has 1 aromatic carbocycles. The lowest BCUT2D eigenvalue weighted by atomic mass is 10.0. The summed E-state index contributed by atoms with van der Waals surface area (Å²) in [7, 11) is 1.71. The number of nitrogens with zero attached hydrogens (tertiary/aromatic N) is 1. The number of ether oxygens (including phenoxy) is 1. The van der Waals surface area contributed by atoms with E-state index in [-0.39, 0.29) is 6.04 Å². The summed E-state index contributed by atoms with van der Waals surface area (Å²) in [6.07, 6.45) is 0. The van der Waals surface area contributed by atoms with Crippen molar-refractivity contribution < 1.29 is 4.74 Å². The fraction of sp³-hybridized carbons (Fsp3) is 0.562. The molecule has 0 amide bonds. The van der Waals surface area contributed by atoms with Gasteiger partial charge in [0.25, 0.3) is 0 Å². The van der Waals surface area contributed by atoms with Crippen LogP contribution in [-0.2, 0) is 4.74 Å². The minimum Gasteiger partial charge on any atom is -0.383 e. The molecule has 0 spiro atoms. The second-order valence-electron chi connectivity index (χ2n) is 5.03. The molecule has 4 heteroatoms. The predicted molar refractivity (Wildman–Crippen MR) is 85.3 cm³/mol. The van der Waals surface area contributed by atoms with Crippen LogP contribution in [0.15, 0.2) is 35.3 Å². The highest BCUT2D eigenvalue weighted by atomic mass is 16.5. The first-order valence-corrected chi connectivity index (χ1v) is 7.26. The molecule has 1 aromatic rings. The molecule has 0 heterocycles.